The fourth-order valence-electron chi connectivity index (χ4n) is 2.23. The van der Waals surface area contributed by atoms with Crippen LogP contribution in [0, 0.1) is 5.92 Å². The van der Waals surface area contributed by atoms with Crippen LogP contribution in [0.25, 0.3) is 0 Å². The summed E-state index contributed by atoms with van der Waals surface area (Å²) in [5.74, 6) is 0.352. The summed E-state index contributed by atoms with van der Waals surface area (Å²) >= 11 is 0. The number of methoxy groups -OCH3 is 1. The number of hydrogen-bond acceptors (Lipinski definition) is 4. The van der Waals surface area contributed by atoms with Gasteiger partial charge in [0.1, 0.15) is 11.9 Å². The molecule has 0 bridgehead atoms. The van der Waals surface area contributed by atoms with Gasteiger partial charge >= 0.3 is 0 Å². The van der Waals surface area contributed by atoms with Crippen molar-refractivity contribution in [2.75, 3.05) is 7.11 Å². The highest BCUT2D eigenvalue weighted by atomic mass is 16.5. The van der Waals surface area contributed by atoms with Crippen molar-refractivity contribution in [3.8, 4) is 5.88 Å². The maximum Gasteiger partial charge on any atom is 0.222 e. The molecule has 0 spiro atoms. The molecule has 0 aliphatic carbocycles. The molecule has 19 heavy (non-hydrogen) atoms. The molecule has 0 unspecified atom stereocenters. The topological polar surface area (TPSA) is 55.2 Å². The highest BCUT2D eigenvalue weighted by Gasteiger charge is 2.38. The molecule has 0 fully saturated rings. The van der Waals surface area contributed by atoms with Gasteiger partial charge in [-0.05, 0) is 11.5 Å². The molecular formula is C15H18N2O2. The third kappa shape index (κ3) is 2.31. The van der Waals surface area contributed by atoms with Gasteiger partial charge in [-0.1, -0.05) is 44.2 Å². The van der Waals surface area contributed by atoms with E-state index in [1.165, 1.54) is 13.4 Å². The van der Waals surface area contributed by atoms with E-state index in [0.29, 0.717) is 11.4 Å². The number of aromatic nitrogens is 2. The SMILES string of the molecule is COc1ncncc1[C@@](O)(c1ccccc1)C(C)C. The highest BCUT2D eigenvalue weighted by Crippen LogP contribution is 2.39. The summed E-state index contributed by atoms with van der Waals surface area (Å²) in [6.07, 6.45) is 3.02. The quantitative estimate of drug-likeness (QED) is 0.914. The zero-order chi connectivity index (χ0) is 13.9. The van der Waals surface area contributed by atoms with Gasteiger partial charge in [-0.3, -0.25) is 0 Å². The molecule has 1 aromatic heterocycles. The zero-order valence-corrected chi connectivity index (χ0v) is 11.4. The van der Waals surface area contributed by atoms with Crippen molar-refractivity contribution in [2.45, 2.75) is 19.4 Å². The van der Waals surface area contributed by atoms with E-state index in [0.717, 1.165) is 5.56 Å². The molecule has 0 amide bonds. The number of nitrogens with zero attached hydrogens (tertiary/aromatic N) is 2. The van der Waals surface area contributed by atoms with Gasteiger partial charge in [0.05, 0.1) is 12.7 Å². The van der Waals surface area contributed by atoms with Gasteiger partial charge in [-0.25, -0.2) is 9.97 Å². The molecule has 0 saturated heterocycles. The molecule has 1 atom stereocenters. The average molecular weight is 258 g/mol. The van der Waals surface area contributed by atoms with Gasteiger partial charge in [0, 0.05) is 6.20 Å². The largest absolute Gasteiger partial charge is 0.481 e. The molecule has 0 radical (unpaired) electrons. The lowest BCUT2D eigenvalue weighted by molar-refractivity contribution is 0.0285. The van der Waals surface area contributed by atoms with E-state index in [-0.39, 0.29) is 5.92 Å². The van der Waals surface area contributed by atoms with Gasteiger partial charge in [0.25, 0.3) is 0 Å². The van der Waals surface area contributed by atoms with Crippen molar-refractivity contribution in [2.24, 2.45) is 5.92 Å². The molecule has 1 aromatic carbocycles. The lowest BCUT2D eigenvalue weighted by atomic mass is 9.78. The second-order valence-corrected chi connectivity index (χ2v) is 4.73. The summed E-state index contributed by atoms with van der Waals surface area (Å²) in [5.41, 5.74) is 0.213. The summed E-state index contributed by atoms with van der Waals surface area (Å²) in [6.45, 7) is 3.92. The summed E-state index contributed by atoms with van der Waals surface area (Å²) in [5, 5.41) is 11.2. The van der Waals surface area contributed by atoms with Gasteiger partial charge in [-0.15, -0.1) is 0 Å². The molecule has 1 heterocycles. The first-order chi connectivity index (χ1) is 9.10. The van der Waals surface area contributed by atoms with Crippen LogP contribution in [0.4, 0.5) is 0 Å². The van der Waals surface area contributed by atoms with Crippen molar-refractivity contribution < 1.29 is 9.84 Å². The Hall–Kier alpha value is -1.94. The molecule has 0 saturated carbocycles. The Kier molecular flexibility index (Phi) is 3.81. The summed E-state index contributed by atoms with van der Waals surface area (Å²) in [6, 6.07) is 9.51. The molecule has 2 rings (SSSR count). The molecule has 2 aromatic rings. The Labute approximate surface area is 113 Å². The number of benzene rings is 1. The van der Waals surface area contributed by atoms with Crippen LogP contribution in [0.3, 0.4) is 0 Å². The lowest BCUT2D eigenvalue weighted by Gasteiger charge is -2.33. The van der Waals surface area contributed by atoms with Crippen molar-refractivity contribution in [1.29, 1.82) is 0 Å². The molecule has 100 valence electrons. The normalized spacial score (nSPS) is 14.2. The molecule has 0 aliphatic rings. The first-order valence-electron chi connectivity index (χ1n) is 6.23. The fraction of sp³-hybridized carbons (Fsp3) is 0.333. The molecule has 1 N–H and O–H groups in total. The predicted molar refractivity (Wildman–Crippen MR) is 72.9 cm³/mol. The monoisotopic (exact) mass is 258 g/mol. The minimum absolute atomic E-state index is 0.0465. The highest BCUT2D eigenvalue weighted by molar-refractivity contribution is 5.40. The average Bonchev–Trinajstić information content (AvgIpc) is 2.47. The second kappa shape index (κ2) is 5.36. The summed E-state index contributed by atoms with van der Waals surface area (Å²) < 4.78 is 5.25. The van der Waals surface area contributed by atoms with Crippen molar-refractivity contribution in [3.05, 3.63) is 54.0 Å². The fourth-order valence-corrected chi connectivity index (χ4v) is 2.23. The lowest BCUT2D eigenvalue weighted by Crippen LogP contribution is -2.34. The van der Waals surface area contributed by atoms with Crippen LogP contribution in [0.2, 0.25) is 0 Å². The molecule has 0 aliphatic heterocycles. The Morgan fingerprint density at radius 3 is 2.47 bits per heavy atom. The zero-order valence-electron chi connectivity index (χ0n) is 11.4. The van der Waals surface area contributed by atoms with E-state index >= 15 is 0 Å². The first-order valence-corrected chi connectivity index (χ1v) is 6.23. The maximum atomic E-state index is 11.2. The van der Waals surface area contributed by atoms with E-state index in [4.69, 9.17) is 4.74 Å². The van der Waals surface area contributed by atoms with Gasteiger partial charge in [0.15, 0.2) is 0 Å². The van der Waals surface area contributed by atoms with Gasteiger partial charge < -0.3 is 9.84 Å². The third-order valence-corrected chi connectivity index (χ3v) is 3.33. The van der Waals surface area contributed by atoms with Crippen LogP contribution >= 0.6 is 0 Å². The van der Waals surface area contributed by atoms with E-state index in [2.05, 4.69) is 9.97 Å². The molecular weight excluding hydrogens is 240 g/mol. The van der Waals surface area contributed by atoms with Gasteiger partial charge in [-0.2, -0.15) is 0 Å². The Bertz CT molecular complexity index is 543. The van der Waals surface area contributed by atoms with Crippen LogP contribution in [-0.4, -0.2) is 22.2 Å². The number of rotatable bonds is 4. The van der Waals surface area contributed by atoms with Crippen LogP contribution in [0.1, 0.15) is 25.0 Å². The van der Waals surface area contributed by atoms with Gasteiger partial charge in [0.2, 0.25) is 5.88 Å². The van der Waals surface area contributed by atoms with E-state index in [9.17, 15) is 5.11 Å². The Morgan fingerprint density at radius 1 is 1.21 bits per heavy atom. The Balaban J connectivity index is 2.64. The minimum Gasteiger partial charge on any atom is -0.481 e. The van der Waals surface area contributed by atoms with Crippen LogP contribution in [0.5, 0.6) is 5.88 Å². The van der Waals surface area contributed by atoms with E-state index in [1.807, 2.05) is 44.2 Å². The number of hydrogen-bond donors (Lipinski definition) is 1. The van der Waals surface area contributed by atoms with Crippen LogP contribution < -0.4 is 4.74 Å². The minimum atomic E-state index is -1.17. The van der Waals surface area contributed by atoms with Crippen molar-refractivity contribution in [3.63, 3.8) is 0 Å². The van der Waals surface area contributed by atoms with Crippen LogP contribution in [0.15, 0.2) is 42.9 Å². The van der Waals surface area contributed by atoms with Crippen molar-refractivity contribution >= 4 is 0 Å². The van der Waals surface area contributed by atoms with Crippen LogP contribution in [-0.2, 0) is 5.60 Å². The predicted octanol–water partition coefficient (Wildman–Crippen LogP) is 2.38. The smallest absolute Gasteiger partial charge is 0.222 e. The summed E-state index contributed by atoms with van der Waals surface area (Å²) in [7, 11) is 1.54. The van der Waals surface area contributed by atoms with E-state index < -0.39 is 5.60 Å². The maximum absolute atomic E-state index is 11.2. The number of aliphatic hydroxyl groups is 1. The summed E-state index contributed by atoms with van der Waals surface area (Å²) in [4.78, 5) is 8.09. The molecule has 4 nitrogen and oxygen atoms in total. The standard InChI is InChI=1S/C15H18N2O2/c1-11(2)15(18,12-7-5-4-6-8-12)13-9-16-10-17-14(13)19-3/h4-11,18H,1-3H3/t15-/m0/s1. The second-order valence-electron chi connectivity index (χ2n) is 4.73. The molecule has 4 heteroatoms. The van der Waals surface area contributed by atoms with Crippen molar-refractivity contribution in [1.82, 2.24) is 9.97 Å². The third-order valence-electron chi connectivity index (χ3n) is 3.33. The Morgan fingerprint density at radius 2 is 1.89 bits per heavy atom. The number of ether oxygens (including phenoxy) is 1. The first kappa shape index (κ1) is 13.5. The van der Waals surface area contributed by atoms with E-state index in [1.54, 1.807) is 6.20 Å².